The van der Waals surface area contributed by atoms with E-state index in [1.54, 1.807) is 15.3 Å². The molecule has 0 fully saturated rings. The van der Waals surface area contributed by atoms with Crippen LogP contribution in [0, 0.1) is 6.92 Å². The SMILES string of the molecule is CCn1c(=O)n(CC)c2cc(NC(=O)N[C@H](C)Cc3ccccn3)c(C)cc21. The molecule has 0 spiro atoms. The highest BCUT2D eigenvalue weighted by Gasteiger charge is 2.15. The Morgan fingerprint density at radius 1 is 1.14 bits per heavy atom. The molecule has 2 N–H and O–H groups in total. The number of aryl methyl sites for hydroxylation is 3. The predicted molar refractivity (Wildman–Crippen MR) is 112 cm³/mol. The van der Waals surface area contributed by atoms with Crippen LogP contribution in [0.1, 0.15) is 32.0 Å². The van der Waals surface area contributed by atoms with Crippen molar-refractivity contribution in [3.63, 3.8) is 0 Å². The number of fused-ring (bicyclic) bond motifs is 1. The van der Waals surface area contributed by atoms with E-state index in [1.807, 2.05) is 58.0 Å². The molecule has 0 aliphatic carbocycles. The van der Waals surface area contributed by atoms with Crippen LogP contribution in [0.5, 0.6) is 0 Å². The fourth-order valence-electron chi connectivity index (χ4n) is 3.48. The zero-order chi connectivity index (χ0) is 20.3. The lowest BCUT2D eigenvalue weighted by atomic mass is 10.1. The number of carbonyl (C=O) groups is 1. The van der Waals surface area contributed by atoms with Gasteiger partial charge in [-0.1, -0.05) is 6.07 Å². The van der Waals surface area contributed by atoms with E-state index in [0.717, 1.165) is 22.3 Å². The smallest absolute Gasteiger partial charge is 0.329 e. The van der Waals surface area contributed by atoms with Crippen molar-refractivity contribution in [3.8, 4) is 0 Å². The van der Waals surface area contributed by atoms with Gasteiger partial charge in [0.15, 0.2) is 0 Å². The number of amides is 2. The van der Waals surface area contributed by atoms with Gasteiger partial charge in [-0.2, -0.15) is 0 Å². The Kier molecular flexibility index (Phi) is 5.82. The zero-order valence-electron chi connectivity index (χ0n) is 16.8. The van der Waals surface area contributed by atoms with Crippen molar-refractivity contribution in [2.45, 2.75) is 53.2 Å². The predicted octanol–water partition coefficient (Wildman–Crippen LogP) is 3.30. The van der Waals surface area contributed by atoms with Gasteiger partial charge in [-0.3, -0.25) is 14.1 Å². The van der Waals surface area contributed by atoms with E-state index in [-0.39, 0.29) is 17.8 Å². The third kappa shape index (κ3) is 3.93. The summed E-state index contributed by atoms with van der Waals surface area (Å²) >= 11 is 0. The molecule has 2 amide bonds. The Labute approximate surface area is 164 Å². The number of urea groups is 1. The van der Waals surface area contributed by atoms with Gasteiger partial charge < -0.3 is 10.6 Å². The molecule has 148 valence electrons. The zero-order valence-corrected chi connectivity index (χ0v) is 16.8. The molecule has 0 aliphatic rings. The van der Waals surface area contributed by atoms with Crippen LogP contribution in [0.15, 0.2) is 41.3 Å². The Bertz CT molecular complexity index is 1040. The van der Waals surface area contributed by atoms with Gasteiger partial charge in [-0.25, -0.2) is 9.59 Å². The highest BCUT2D eigenvalue weighted by molar-refractivity contribution is 5.93. The normalized spacial score (nSPS) is 12.1. The summed E-state index contributed by atoms with van der Waals surface area (Å²) in [7, 11) is 0. The number of nitrogens with one attached hydrogen (secondary N) is 2. The van der Waals surface area contributed by atoms with Crippen molar-refractivity contribution in [1.29, 1.82) is 0 Å². The summed E-state index contributed by atoms with van der Waals surface area (Å²) in [5.41, 5.74) is 4.24. The van der Waals surface area contributed by atoms with Gasteiger partial charge in [0.1, 0.15) is 0 Å². The van der Waals surface area contributed by atoms with Gasteiger partial charge in [0.2, 0.25) is 0 Å². The van der Waals surface area contributed by atoms with Crippen molar-refractivity contribution < 1.29 is 4.79 Å². The monoisotopic (exact) mass is 381 g/mol. The molecular weight excluding hydrogens is 354 g/mol. The lowest BCUT2D eigenvalue weighted by molar-refractivity contribution is 0.249. The second kappa shape index (κ2) is 8.29. The molecule has 1 aromatic carbocycles. The summed E-state index contributed by atoms with van der Waals surface area (Å²) in [4.78, 5) is 29.3. The van der Waals surface area contributed by atoms with Crippen molar-refractivity contribution in [2.24, 2.45) is 0 Å². The molecule has 0 radical (unpaired) electrons. The third-order valence-electron chi connectivity index (χ3n) is 4.86. The Balaban J connectivity index is 1.79. The minimum atomic E-state index is -0.272. The molecule has 28 heavy (non-hydrogen) atoms. The van der Waals surface area contributed by atoms with E-state index in [1.165, 1.54) is 0 Å². The highest BCUT2D eigenvalue weighted by Crippen LogP contribution is 2.23. The van der Waals surface area contributed by atoms with Gasteiger partial charge in [0.25, 0.3) is 0 Å². The first-order valence-electron chi connectivity index (χ1n) is 9.65. The van der Waals surface area contributed by atoms with Crippen LogP contribution in [0.2, 0.25) is 0 Å². The summed E-state index contributed by atoms with van der Waals surface area (Å²) in [5.74, 6) is 0. The lowest BCUT2D eigenvalue weighted by Gasteiger charge is -2.15. The molecule has 3 aromatic rings. The Morgan fingerprint density at radius 2 is 1.82 bits per heavy atom. The number of aromatic nitrogens is 3. The second-order valence-corrected chi connectivity index (χ2v) is 6.95. The molecule has 0 saturated carbocycles. The quantitative estimate of drug-likeness (QED) is 0.687. The van der Waals surface area contributed by atoms with E-state index in [2.05, 4.69) is 15.6 Å². The van der Waals surface area contributed by atoms with E-state index in [9.17, 15) is 9.59 Å². The molecule has 0 aliphatic heterocycles. The molecular formula is C21H27N5O2. The minimum absolute atomic E-state index is 0.0232. The van der Waals surface area contributed by atoms with Crippen molar-refractivity contribution in [1.82, 2.24) is 19.4 Å². The molecule has 7 nitrogen and oxygen atoms in total. The van der Waals surface area contributed by atoms with Gasteiger partial charge >= 0.3 is 11.7 Å². The van der Waals surface area contributed by atoms with Crippen LogP contribution in [0.4, 0.5) is 10.5 Å². The number of pyridine rings is 1. The summed E-state index contributed by atoms with van der Waals surface area (Å²) in [6.07, 6.45) is 2.40. The van der Waals surface area contributed by atoms with Gasteiger partial charge in [-0.15, -0.1) is 0 Å². The van der Waals surface area contributed by atoms with Gasteiger partial charge in [-0.05, 0) is 57.5 Å². The number of hydrogen-bond acceptors (Lipinski definition) is 3. The molecule has 3 rings (SSSR count). The van der Waals surface area contributed by atoms with Crippen molar-refractivity contribution in [3.05, 3.63) is 58.3 Å². The first-order chi connectivity index (χ1) is 13.4. The number of carbonyl (C=O) groups excluding carboxylic acids is 1. The van der Waals surface area contributed by atoms with Crippen molar-refractivity contribution >= 4 is 22.8 Å². The fourth-order valence-corrected chi connectivity index (χ4v) is 3.48. The minimum Gasteiger partial charge on any atom is -0.335 e. The standard InChI is InChI=1S/C21H27N5O2/c1-5-25-18-11-14(3)17(13-19(18)26(6-2)21(25)28)24-20(27)23-15(4)12-16-9-7-8-10-22-16/h7-11,13,15H,5-6,12H2,1-4H3,(H2,23,24,27)/t15-/m1/s1. The number of rotatable bonds is 6. The summed E-state index contributed by atoms with van der Waals surface area (Å²) in [6, 6.07) is 9.25. The van der Waals surface area contributed by atoms with E-state index in [4.69, 9.17) is 0 Å². The number of imidazole rings is 1. The highest BCUT2D eigenvalue weighted by atomic mass is 16.2. The Hall–Kier alpha value is -3.09. The van der Waals surface area contributed by atoms with Crippen LogP contribution < -0.4 is 16.3 Å². The van der Waals surface area contributed by atoms with Crippen LogP contribution in [0.3, 0.4) is 0 Å². The maximum atomic E-state index is 12.5. The summed E-state index contributed by atoms with van der Waals surface area (Å²) in [5, 5.41) is 5.87. The summed E-state index contributed by atoms with van der Waals surface area (Å²) in [6.45, 7) is 8.97. The average molecular weight is 381 g/mol. The van der Waals surface area contributed by atoms with E-state index < -0.39 is 0 Å². The summed E-state index contributed by atoms with van der Waals surface area (Å²) < 4.78 is 3.48. The van der Waals surface area contributed by atoms with Crippen molar-refractivity contribution in [2.75, 3.05) is 5.32 Å². The van der Waals surface area contributed by atoms with Gasteiger partial charge in [0.05, 0.1) is 11.0 Å². The van der Waals surface area contributed by atoms with Crippen LogP contribution in [0.25, 0.3) is 11.0 Å². The lowest BCUT2D eigenvalue weighted by Crippen LogP contribution is -2.37. The number of benzene rings is 1. The first-order valence-corrected chi connectivity index (χ1v) is 9.65. The topological polar surface area (TPSA) is 81.0 Å². The fraction of sp³-hybridized carbons (Fsp3) is 0.381. The van der Waals surface area contributed by atoms with E-state index >= 15 is 0 Å². The number of hydrogen-bond donors (Lipinski definition) is 2. The number of anilines is 1. The maximum absolute atomic E-state index is 12.5. The first kappa shape index (κ1) is 19.7. The largest absolute Gasteiger partial charge is 0.335 e. The van der Waals surface area contributed by atoms with Crippen LogP contribution in [-0.2, 0) is 19.5 Å². The molecule has 0 unspecified atom stereocenters. The maximum Gasteiger partial charge on any atom is 0.329 e. The average Bonchev–Trinajstić information content (AvgIpc) is 2.92. The van der Waals surface area contributed by atoms with Crippen LogP contribution in [-0.4, -0.2) is 26.2 Å². The second-order valence-electron chi connectivity index (χ2n) is 6.95. The van der Waals surface area contributed by atoms with Crippen LogP contribution >= 0.6 is 0 Å². The van der Waals surface area contributed by atoms with Gasteiger partial charge in [0, 0.05) is 43.1 Å². The third-order valence-corrected chi connectivity index (χ3v) is 4.86. The molecule has 7 heteroatoms. The van der Waals surface area contributed by atoms with E-state index in [0.29, 0.717) is 25.2 Å². The number of nitrogens with zero attached hydrogens (tertiary/aromatic N) is 3. The molecule has 2 aromatic heterocycles. The molecule has 0 saturated heterocycles. The molecule has 2 heterocycles. The molecule has 0 bridgehead atoms. The molecule has 1 atom stereocenters. The Morgan fingerprint density at radius 3 is 2.43 bits per heavy atom.